The Balaban J connectivity index is 1.58. The largest absolute Gasteiger partial charge is 0.507 e. The van der Waals surface area contributed by atoms with Gasteiger partial charge in [-0.05, 0) is 39.7 Å². The second-order valence-electron chi connectivity index (χ2n) is 5.98. The minimum Gasteiger partial charge on any atom is -0.507 e. The molecule has 0 radical (unpaired) electrons. The van der Waals surface area contributed by atoms with Crippen LogP contribution >= 0.6 is 0 Å². The number of hydrogen-bond donors (Lipinski definition) is 2. The molecule has 4 heteroatoms. The molecular weight excluding hydrogens is 324 g/mol. The summed E-state index contributed by atoms with van der Waals surface area (Å²) in [6.45, 7) is 0. The van der Waals surface area contributed by atoms with Gasteiger partial charge in [0, 0.05) is 11.1 Å². The number of nitrogens with one attached hydrogen (secondary N) is 1. The average Bonchev–Trinajstić information content (AvgIpc) is 2.69. The van der Waals surface area contributed by atoms with Gasteiger partial charge < -0.3 is 5.11 Å². The van der Waals surface area contributed by atoms with Gasteiger partial charge in [0.25, 0.3) is 5.91 Å². The fourth-order valence-corrected chi connectivity index (χ4v) is 2.97. The van der Waals surface area contributed by atoms with Crippen LogP contribution in [0.5, 0.6) is 5.75 Å². The maximum absolute atomic E-state index is 12.3. The summed E-state index contributed by atoms with van der Waals surface area (Å²) in [6, 6.07) is 24.5. The minimum absolute atomic E-state index is 0.118. The highest BCUT2D eigenvalue weighted by Gasteiger charge is 2.07. The van der Waals surface area contributed by atoms with Gasteiger partial charge in [0.1, 0.15) is 5.75 Å². The van der Waals surface area contributed by atoms with Gasteiger partial charge in [-0.1, -0.05) is 60.7 Å². The lowest BCUT2D eigenvalue weighted by atomic mass is 10.0. The predicted octanol–water partition coefficient (Wildman–Crippen LogP) is 4.46. The fourth-order valence-electron chi connectivity index (χ4n) is 2.97. The number of carbonyl (C=O) groups excluding carboxylic acids is 1. The molecule has 0 aromatic heterocycles. The van der Waals surface area contributed by atoms with Gasteiger partial charge in [-0.15, -0.1) is 0 Å². The van der Waals surface area contributed by atoms with Crippen LogP contribution < -0.4 is 5.43 Å². The second-order valence-corrected chi connectivity index (χ2v) is 5.98. The van der Waals surface area contributed by atoms with Crippen molar-refractivity contribution in [1.29, 1.82) is 0 Å². The van der Waals surface area contributed by atoms with E-state index < -0.39 is 0 Å². The third-order valence-corrected chi connectivity index (χ3v) is 4.32. The molecule has 0 saturated heterocycles. The number of amides is 1. The zero-order chi connectivity index (χ0) is 17.9. The smallest absolute Gasteiger partial charge is 0.271 e. The molecule has 126 valence electrons. The van der Waals surface area contributed by atoms with Gasteiger partial charge in [0.2, 0.25) is 0 Å². The van der Waals surface area contributed by atoms with Crippen molar-refractivity contribution in [1.82, 2.24) is 5.43 Å². The Morgan fingerprint density at radius 2 is 1.54 bits per heavy atom. The van der Waals surface area contributed by atoms with Crippen molar-refractivity contribution in [2.45, 2.75) is 0 Å². The lowest BCUT2D eigenvalue weighted by Gasteiger charge is -2.05. The third kappa shape index (κ3) is 3.00. The van der Waals surface area contributed by atoms with E-state index in [-0.39, 0.29) is 11.7 Å². The fraction of sp³-hybridized carbons (Fsp3) is 0. The average molecular weight is 340 g/mol. The van der Waals surface area contributed by atoms with E-state index >= 15 is 0 Å². The molecule has 0 spiro atoms. The van der Waals surface area contributed by atoms with Gasteiger partial charge >= 0.3 is 0 Å². The number of aromatic hydroxyl groups is 1. The van der Waals surface area contributed by atoms with Crippen LogP contribution in [0.25, 0.3) is 21.5 Å². The van der Waals surface area contributed by atoms with Crippen molar-refractivity contribution < 1.29 is 9.90 Å². The van der Waals surface area contributed by atoms with E-state index in [0.29, 0.717) is 11.1 Å². The molecule has 0 atom stereocenters. The Hall–Kier alpha value is -3.66. The number of rotatable bonds is 3. The van der Waals surface area contributed by atoms with E-state index in [1.54, 1.807) is 12.1 Å². The van der Waals surface area contributed by atoms with Crippen LogP contribution in [0, 0.1) is 0 Å². The maximum Gasteiger partial charge on any atom is 0.271 e. The Morgan fingerprint density at radius 3 is 2.38 bits per heavy atom. The van der Waals surface area contributed by atoms with Crippen molar-refractivity contribution in [3.8, 4) is 5.75 Å². The normalized spacial score (nSPS) is 11.2. The molecule has 0 aliphatic carbocycles. The molecule has 4 rings (SSSR count). The number of hydrogen-bond acceptors (Lipinski definition) is 3. The SMILES string of the molecule is O=C(N/N=C/c1c(O)ccc2ccccc12)c1ccc2ccccc2c1. The molecule has 0 fully saturated rings. The van der Waals surface area contributed by atoms with Crippen LogP contribution in [-0.4, -0.2) is 17.2 Å². The van der Waals surface area contributed by atoms with Crippen molar-refractivity contribution in [2.24, 2.45) is 5.10 Å². The number of fused-ring (bicyclic) bond motifs is 2. The molecule has 4 nitrogen and oxygen atoms in total. The molecule has 0 saturated carbocycles. The van der Waals surface area contributed by atoms with E-state index in [1.807, 2.05) is 66.7 Å². The van der Waals surface area contributed by atoms with Crippen LogP contribution in [0.4, 0.5) is 0 Å². The monoisotopic (exact) mass is 340 g/mol. The Kier molecular flexibility index (Phi) is 4.07. The number of carbonyl (C=O) groups is 1. The summed E-state index contributed by atoms with van der Waals surface area (Å²) in [5, 5.41) is 18.1. The number of hydrazone groups is 1. The van der Waals surface area contributed by atoms with Gasteiger partial charge in [-0.25, -0.2) is 5.43 Å². The molecule has 0 aliphatic rings. The predicted molar refractivity (Wildman–Crippen MR) is 105 cm³/mol. The number of phenols is 1. The zero-order valence-electron chi connectivity index (χ0n) is 13.9. The summed E-state index contributed by atoms with van der Waals surface area (Å²) in [5.41, 5.74) is 3.63. The lowest BCUT2D eigenvalue weighted by Crippen LogP contribution is -2.17. The minimum atomic E-state index is -0.299. The summed E-state index contributed by atoms with van der Waals surface area (Å²) in [4.78, 5) is 12.3. The van der Waals surface area contributed by atoms with Crippen LogP contribution in [0.1, 0.15) is 15.9 Å². The van der Waals surface area contributed by atoms with Crippen LogP contribution in [-0.2, 0) is 0 Å². The zero-order valence-corrected chi connectivity index (χ0v) is 13.9. The van der Waals surface area contributed by atoms with Crippen molar-refractivity contribution in [3.63, 3.8) is 0 Å². The van der Waals surface area contributed by atoms with Crippen molar-refractivity contribution >= 4 is 33.7 Å². The summed E-state index contributed by atoms with van der Waals surface area (Å²) < 4.78 is 0. The molecule has 0 unspecified atom stereocenters. The Labute approximate surface area is 150 Å². The first-order chi connectivity index (χ1) is 12.7. The maximum atomic E-state index is 12.3. The highest BCUT2D eigenvalue weighted by molar-refractivity contribution is 6.03. The summed E-state index contributed by atoms with van der Waals surface area (Å²) in [6.07, 6.45) is 1.47. The van der Waals surface area contributed by atoms with E-state index in [1.165, 1.54) is 6.21 Å². The summed E-state index contributed by atoms with van der Waals surface area (Å²) in [7, 11) is 0. The highest BCUT2D eigenvalue weighted by Crippen LogP contribution is 2.25. The number of phenolic OH excluding ortho intramolecular Hbond substituents is 1. The van der Waals surface area contributed by atoms with Gasteiger partial charge in [-0.2, -0.15) is 5.10 Å². The van der Waals surface area contributed by atoms with Crippen LogP contribution in [0.3, 0.4) is 0 Å². The summed E-state index contributed by atoms with van der Waals surface area (Å²) in [5.74, 6) is -0.181. The van der Waals surface area contributed by atoms with E-state index in [2.05, 4.69) is 10.5 Å². The molecule has 0 heterocycles. The van der Waals surface area contributed by atoms with Crippen LogP contribution in [0.2, 0.25) is 0 Å². The standard InChI is InChI=1S/C22H16N2O2/c25-21-12-11-16-6-3-4-8-19(16)20(21)14-23-24-22(26)18-10-9-15-5-1-2-7-17(15)13-18/h1-14,25H,(H,24,26)/b23-14+. The topological polar surface area (TPSA) is 61.7 Å². The van der Waals surface area contributed by atoms with Crippen LogP contribution in [0.15, 0.2) is 84.0 Å². The number of benzene rings is 4. The second kappa shape index (κ2) is 6.69. The first-order valence-electron chi connectivity index (χ1n) is 8.25. The van der Waals surface area contributed by atoms with E-state index in [4.69, 9.17) is 0 Å². The Morgan fingerprint density at radius 1 is 0.846 bits per heavy atom. The molecule has 4 aromatic rings. The molecule has 2 N–H and O–H groups in total. The lowest BCUT2D eigenvalue weighted by molar-refractivity contribution is 0.0955. The van der Waals surface area contributed by atoms with Gasteiger partial charge in [0.05, 0.1) is 6.21 Å². The van der Waals surface area contributed by atoms with Gasteiger partial charge in [0.15, 0.2) is 0 Å². The molecule has 1 amide bonds. The van der Waals surface area contributed by atoms with E-state index in [9.17, 15) is 9.90 Å². The molecule has 0 aliphatic heterocycles. The molecule has 0 bridgehead atoms. The summed E-state index contributed by atoms with van der Waals surface area (Å²) >= 11 is 0. The molecule has 26 heavy (non-hydrogen) atoms. The Bertz CT molecular complexity index is 1150. The highest BCUT2D eigenvalue weighted by atomic mass is 16.3. The van der Waals surface area contributed by atoms with Crippen molar-refractivity contribution in [2.75, 3.05) is 0 Å². The third-order valence-electron chi connectivity index (χ3n) is 4.32. The van der Waals surface area contributed by atoms with Gasteiger partial charge in [-0.3, -0.25) is 4.79 Å². The van der Waals surface area contributed by atoms with Crippen molar-refractivity contribution in [3.05, 3.63) is 90.0 Å². The first-order valence-corrected chi connectivity index (χ1v) is 8.25. The van der Waals surface area contributed by atoms with E-state index in [0.717, 1.165) is 21.5 Å². The quantitative estimate of drug-likeness (QED) is 0.427. The number of nitrogens with zero attached hydrogens (tertiary/aromatic N) is 1. The first kappa shape index (κ1) is 15.8. The molecule has 4 aromatic carbocycles. The molecular formula is C22H16N2O2.